The number of carbonyl (C=O) groups excluding carboxylic acids is 1. The third-order valence-corrected chi connectivity index (χ3v) is 8.46. The molecule has 1 saturated carbocycles. The molecule has 0 unspecified atom stereocenters. The number of rotatable bonds is 7. The fourth-order valence-corrected chi connectivity index (χ4v) is 5.89. The largest absolute Gasteiger partial charge is 0.379 e. The average Bonchev–Trinajstić information content (AvgIpc) is 2.74. The fourth-order valence-electron chi connectivity index (χ4n) is 3.50. The van der Waals surface area contributed by atoms with Crippen LogP contribution in [0.5, 0.6) is 0 Å². The highest BCUT2D eigenvalue weighted by molar-refractivity contribution is 7.89. The molecule has 1 aromatic rings. The van der Waals surface area contributed by atoms with Crippen molar-refractivity contribution in [3.05, 3.63) is 24.3 Å². The molecular weight excluding hydrogens is 418 g/mol. The summed E-state index contributed by atoms with van der Waals surface area (Å²) in [6, 6.07) is 5.09. The molecule has 11 heteroatoms. The summed E-state index contributed by atoms with van der Waals surface area (Å²) in [5, 5.41) is 2.85. The number of amides is 1. The number of carbonyl (C=O) groups is 1. The Morgan fingerprint density at radius 3 is 2.17 bits per heavy atom. The molecule has 1 heterocycles. The van der Waals surface area contributed by atoms with Gasteiger partial charge in [0.25, 0.3) is 0 Å². The topological polar surface area (TPSA) is 122 Å². The lowest BCUT2D eigenvalue weighted by atomic mass is 9.95. The van der Waals surface area contributed by atoms with Gasteiger partial charge in [0.1, 0.15) is 0 Å². The van der Waals surface area contributed by atoms with Crippen molar-refractivity contribution in [1.29, 1.82) is 0 Å². The van der Waals surface area contributed by atoms with Gasteiger partial charge in [-0.25, -0.2) is 21.6 Å². The molecule has 0 spiro atoms. The van der Waals surface area contributed by atoms with E-state index in [1.807, 2.05) is 0 Å². The van der Waals surface area contributed by atoms with Crippen molar-refractivity contribution in [2.45, 2.75) is 47.9 Å². The zero-order valence-corrected chi connectivity index (χ0v) is 17.8. The van der Waals surface area contributed by atoms with E-state index < -0.39 is 20.0 Å². The van der Waals surface area contributed by atoms with Crippen molar-refractivity contribution in [2.24, 2.45) is 0 Å². The van der Waals surface area contributed by atoms with E-state index in [0.29, 0.717) is 13.2 Å². The number of sulfonamides is 2. The fraction of sp³-hybridized carbons (Fsp3) is 0.611. The van der Waals surface area contributed by atoms with Crippen LogP contribution in [0, 0.1) is 0 Å². The van der Waals surface area contributed by atoms with Gasteiger partial charge in [-0.2, -0.15) is 4.31 Å². The molecule has 29 heavy (non-hydrogen) atoms. The molecule has 9 nitrogen and oxygen atoms in total. The van der Waals surface area contributed by atoms with Crippen LogP contribution >= 0.6 is 0 Å². The molecule has 1 aliphatic carbocycles. The van der Waals surface area contributed by atoms with Crippen molar-refractivity contribution < 1.29 is 26.4 Å². The van der Waals surface area contributed by atoms with E-state index >= 15 is 0 Å². The Balaban J connectivity index is 1.59. The van der Waals surface area contributed by atoms with Gasteiger partial charge in [0, 0.05) is 19.1 Å². The van der Waals surface area contributed by atoms with Crippen LogP contribution in [-0.2, 0) is 29.6 Å². The van der Waals surface area contributed by atoms with E-state index in [0.717, 1.165) is 32.1 Å². The summed E-state index contributed by atoms with van der Waals surface area (Å²) < 4.78 is 58.8. The number of benzene rings is 1. The van der Waals surface area contributed by atoms with Crippen LogP contribution in [0.2, 0.25) is 0 Å². The summed E-state index contributed by atoms with van der Waals surface area (Å²) in [6.45, 7) is 0.837. The predicted octanol–water partition coefficient (Wildman–Crippen LogP) is 0.435. The summed E-state index contributed by atoms with van der Waals surface area (Å²) >= 11 is 0. The van der Waals surface area contributed by atoms with Crippen molar-refractivity contribution in [3.63, 3.8) is 0 Å². The molecule has 0 radical (unpaired) electrons. The summed E-state index contributed by atoms with van der Waals surface area (Å²) in [5.74, 6) is -0.369. The zero-order chi connectivity index (χ0) is 20.9. The minimum atomic E-state index is -3.92. The van der Waals surface area contributed by atoms with E-state index in [1.165, 1.54) is 28.6 Å². The summed E-state index contributed by atoms with van der Waals surface area (Å²) in [6.07, 6.45) is 5.12. The molecular formula is C18H27N3O6S2. The molecule has 1 amide bonds. The highest BCUT2D eigenvalue weighted by Gasteiger charge is 2.27. The number of hydrogen-bond donors (Lipinski definition) is 2. The molecule has 3 rings (SSSR count). The number of nitrogens with one attached hydrogen (secondary N) is 2. The Bertz CT molecular complexity index is 903. The van der Waals surface area contributed by atoms with Gasteiger partial charge in [-0.1, -0.05) is 19.3 Å². The van der Waals surface area contributed by atoms with Gasteiger partial charge in [-0.15, -0.1) is 0 Å². The third-order valence-electron chi connectivity index (χ3n) is 5.13. The quantitative estimate of drug-likeness (QED) is 0.628. The van der Waals surface area contributed by atoms with E-state index in [9.17, 15) is 21.6 Å². The smallest absolute Gasteiger partial charge is 0.243 e. The minimum Gasteiger partial charge on any atom is -0.379 e. The van der Waals surface area contributed by atoms with E-state index in [1.54, 1.807) is 0 Å². The van der Waals surface area contributed by atoms with E-state index in [4.69, 9.17) is 4.74 Å². The number of nitrogens with zero attached hydrogens (tertiary/aromatic N) is 1. The van der Waals surface area contributed by atoms with Gasteiger partial charge in [-0.05, 0) is 37.1 Å². The molecule has 162 valence electrons. The van der Waals surface area contributed by atoms with Crippen LogP contribution in [0.25, 0.3) is 0 Å². The van der Waals surface area contributed by atoms with E-state index in [2.05, 4.69) is 10.0 Å². The third kappa shape index (κ3) is 5.76. The van der Waals surface area contributed by atoms with Crippen LogP contribution in [0.3, 0.4) is 0 Å². The first-order valence-corrected chi connectivity index (χ1v) is 12.7. The second-order valence-electron chi connectivity index (χ2n) is 7.21. The maximum atomic E-state index is 12.6. The highest BCUT2D eigenvalue weighted by atomic mass is 32.2. The van der Waals surface area contributed by atoms with Crippen LogP contribution in [0.15, 0.2) is 34.1 Å². The summed E-state index contributed by atoms with van der Waals surface area (Å²) in [4.78, 5) is 11.9. The van der Waals surface area contributed by atoms with Gasteiger partial charge in [-0.3, -0.25) is 4.79 Å². The van der Waals surface area contributed by atoms with Gasteiger partial charge in [0.2, 0.25) is 26.0 Å². The summed E-state index contributed by atoms with van der Waals surface area (Å²) in [5.41, 5.74) is 0. The van der Waals surface area contributed by atoms with Crippen molar-refractivity contribution in [2.75, 3.05) is 32.8 Å². The molecule has 2 fully saturated rings. The average molecular weight is 446 g/mol. The maximum Gasteiger partial charge on any atom is 0.243 e. The molecule has 1 saturated heterocycles. The second kappa shape index (κ2) is 9.52. The first-order valence-electron chi connectivity index (χ1n) is 9.76. The Morgan fingerprint density at radius 1 is 0.966 bits per heavy atom. The minimum absolute atomic E-state index is 0.0217. The van der Waals surface area contributed by atoms with E-state index in [-0.39, 0.29) is 41.4 Å². The first-order chi connectivity index (χ1) is 13.8. The molecule has 2 N–H and O–H groups in total. The van der Waals surface area contributed by atoms with Crippen molar-refractivity contribution >= 4 is 26.0 Å². The Morgan fingerprint density at radius 2 is 1.55 bits per heavy atom. The van der Waals surface area contributed by atoms with Crippen LogP contribution < -0.4 is 10.0 Å². The van der Waals surface area contributed by atoms with Crippen molar-refractivity contribution in [1.82, 2.24) is 14.3 Å². The zero-order valence-electron chi connectivity index (χ0n) is 16.2. The lowest BCUT2D eigenvalue weighted by molar-refractivity contribution is -0.120. The van der Waals surface area contributed by atoms with Crippen LogP contribution in [-0.4, -0.2) is 65.9 Å². The van der Waals surface area contributed by atoms with Gasteiger partial charge < -0.3 is 10.1 Å². The second-order valence-corrected chi connectivity index (χ2v) is 10.9. The molecule has 0 atom stereocenters. The Kier molecular flexibility index (Phi) is 7.28. The molecule has 0 bridgehead atoms. The monoisotopic (exact) mass is 445 g/mol. The maximum absolute atomic E-state index is 12.6. The Labute approximate surface area is 171 Å². The standard InChI is InChI=1S/C18H27N3O6S2/c22-18(20-15-4-2-1-3-5-15)14-19-28(23,24)16-6-8-17(9-7-16)29(25,26)21-10-12-27-13-11-21/h6-9,15,19H,1-5,10-14H2,(H,20,22). The molecule has 0 aromatic heterocycles. The van der Waals surface area contributed by atoms with Gasteiger partial charge in [0.05, 0.1) is 29.5 Å². The Hall–Kier alpha value is -1.53. The normalized spacial score (nSPS) is 19.7. The lowest BCUT2D eigenvalue weighted by Crippen LogP contribution is -2.42. The van der Waals surface area contributed by atoms with Crippen molar-refractivity contribution in [3.8, 4) is 0 Å². The SMILES string of the molecule is O=C(CNS(=O)(=O)c1ccc(S(=O)(=O)N2CCOCC2)cc1)NC1CCCCC1. The van der Waals surface area contributed by atoms with Gasteiger partial charge in [0.15, 0.2) is 0 Å². The number of hydrogen-bond acceptors (Lipinski definition) is 6. The predicted molar refractivity (Wildman–Crippen MR) is 106 cm³/mol. The summed E-state index contributed by atoms with van der Waals surface area (Å²) in [7, 11) is -7.61. The number of morpholine rings is 1. The van der Waals surface area contributed by atoms with Gasteiger partial charge >= 0.3 is 0 Å². The first kappa shape index (κ1) is 22.2. The van der Waals surface area contributed by atoms with Crippen LogP contribution in [0.4, 0.5) is 0 Å². The molecule has 1 aromatic carbocycles. The molecule has 1 aliphatic heterocycles. The number of ether oxygens (including phenoxy) is 1. The highest BCUT2D eigenvalue weighted by Crippen LogP contribution is 2.20. The molecule has 2 aliphatic rings. The van der Waals surface area contributed by atoms with Crippen LogP contribution in [0.1, 0.15) is 32.1 Å². The lowest BCUT2D eigenvalue weighted by Gasteiger charge is -2.26.